The Morgan fingerprint density at radius 1 is 0.750 bits per heavy atom. The third-order valence-electron chi connectivity index (χ3n) is 0. The zero-order valence-electron chi connectivity index (χ0n) is 2.01. The molecule has 0 aliphatic carbocycles. The van der Waals surface area contributed by atoms with Crippen molar-refractivity contribution in [2.24, 2.45) is 0 Å². The Morgan fingerprint density at radius 3 is 0.750 bits per heavy atom. The molecule has 0 aliphatic rings. The summed E-state index contributed by atoms with van der Waals surface area (Å²) in [4.78, 5) is 0. The molecular weight excluding hydrogens is 86.0 g/mol. The van der Waals surface area contributed by atoms with Gasteiger partial charge >= 0.3 is 34.7 Å². The van der Waals surface area contributed by atoms with Crippen LogP contribution in [0.4, 0.5) is 0 Å². The summed E-state index contributed by atoms with van der Waals surface area (Å²) in [5.41, 5.74) is 0. The van der Waals surface area contributed by atoms with E-state index in [4.69, 9.17) is 0 Å². The fourth-order valence-electron chi connectivity index (χ4n) is 0. The zero-order valence-corrected chi connectivity index (χ0v) is 4.32. The van der Waals surface area contributed by atoms with Crippen LogP contribution in [-0.4, -0.2) is 40.2 Å². The summed E-state index contributed by atoms with van der Waals surface area (Å²) in [5.74, 6) is 0. The molecule has 0 saturated carbocycles. The molecule has 1 N–H and O–H groups in total. The van der Waals surface area contributed by atoms with E-state index in [1.807, 2.05) is 0 Å². The Bertz CT molecular complexity index is 4.00. The minimum Gasteiger partial charge on any atom is -2.00 e. The molecular formula is HAl2O2+3. The van der Waals surface area contributed by atoms with Crippen LogP contribution >= 0.6 is 0 Å². The van der Waals surface area contributed by atoms with Crippen molar-refractivity contribution >= 4 is 34.7 Å². The summed E-state index contributed by atoms with van der Waals surface area (Å²) >= 11 is 0. The van der Waals surface area contributed by atoms with Gasteiger partial charge in [-0.05, 0) is 0 Å². The monoisotopic (exact) mass is 87.0 g/mol. The van der Waals surface area contributed by atoms with E-state index < -0.39 is 0 Å². The molecule has 0 aromatic rings. The number of rotatable bonds is 0. The molecule has 0 saturated heterocycles. The van der Waals surface area contributed by atoms with Crippen LogP contribution in [0, 0.1) is 0 Å². The van der Waals surface area contributed by atoms with Gasteiger partial charge in [0.2, 0.25) is 0 Å². The first-order valence-corrected chi connectivity index (χ1v) is 0. The Morgan fingerprint density at radius 2 is 0.750 bits per heavy atom. The van der Waals surface area contributed by atoms with E-state index >= 15 is 0 Å². The van der Waals surface area contributed by atoms with Crippen molar-refractivity contribution < 1.29 is 11.0 Å². The van der Waals surface area contributed by atoms with Crippen molar-refractivity contribution in [2.75, 3.05) is 0 Å². The Hall–Kier alpha value is 0.985. The third kappa shape index (κ3) is 12.1. The summed E-state index contributed by atoms with van der Waals surface area (Å²) in [6, 6.07) is 0. The molecule has 0 aromatic carbocycles. The van der Waals surface area contributed by atoms with Crippen LogP contribution < -0.4 is 0 Å². The number of hydrogen-bond donors (Lipinski definition) is 0. The van der Waals surface area contributed by atoms with Gasteiger partial charge in [-0.15, -0.1) is 0 Å². The van der Waals surface area contributed by atoms with Gasteiger partial charge in [-0.25, -0.2) is 0 Å². The zero-order chi connectivity index (χ0) is 0. The van der Waals surface area contributed by atoms with E-state index in [2.05, 4.69) is 0 Å². The molecule has 4 heteroatoms. The van der Waals surface area contributed by atoms with Gasteiger partial charge in [0.05, 0.1) is 0 Å². The summed E-state index contributed by atoms with van der Waals surface area (Å²) in [5, 5.41) is 0. The van der Waals surface area contributed by atoms with Crippen LogP contribution in [0.2, 0.25) is 0 Å². The van der Waals surface area contributed by atoms with E-state index in [0.29, 0.717) is 0 Å². The van der Waals surface area contributed by atoms with Gasteiger partial charge in [0.15, 0.2) is 0 Å². The van der Waals surface area contributed by atoms with Gasteiger partial charge in [-0.2, -0.15) is 0 Å². The molecule has 0 aliphatic heterocycles. The average Bonchev–Trinajstić information content (AvgIpc) is 0. The Kier molecular flexibility index (Phi) is 747. The molecule has 0 atom stereocenters. The van der Waals surface area contributed by atoms with Crippen molar-refractivity contribution in [3.8, 4) is 0 Å². The SMILES string of the molecule is [Al+3].[Al+3].[O-2].[OH-]. The molecule has 0 heterocycles. The Balaban J connectivity index is 0. The summed E-state index contributed by atoms with van der Waals surface area (Å²) < 4.78 is 0. The maximum absolute atomic E-state index is 0. The Labute approximate surface area is 46.1 Å². The van der Waals surface area contributed by atoms with Crippen LogP contribution in [0.15, 0.2) is 0 Å². The smallest absolute Gasteiger partial charge is 2.00 e. The molecule has 2 nitrogen and oxygen atoms in total. The predicted molar refractivity (Wildman–Crippen MR) is 14.1 cm³/mol. The van der Waals surface area contributed by atoms with Gasteiger partial charge in [0.25, 0.3) is 0 Å². The van der Waals surface area contributed by atoms with Crippen molar-refractivity contribution in [3.63, 3.8) is 0 Å². The second-order valence-corrected chi connectivity index (χ2v) is 0. The summed E-state index contributed by atoms with van der Waals surface area (Å²) in [7, 11) is 0. The number of hydrogen-bond acceptors (Lipinski definition) is 1. The minimum atomic E-state index is 0. The molecule has 0 radical (unpaired) electrons. The summed E-state index contributed by atoms with van der Waals surface area (Å²) in [6.07, 6.45) is 0. The quantitative estimate of drug-likeness (QED) is 0.347. The van der Waals surface area contributed by atoms with Crippen molar-refractivity contribution in [2.45, 2.75) is 0 Å². The van der Waals surface area contributed by atoms with Crippen molar-refractivity contribution in [1.29, 1.82) is 0 Å². The maximum Gasteiger partial charge on any atom is 3.00 e. The molecule has 0 unspecified atom stereocenters. The van der Waals surface area contributed by atoms with Gasteiger partial charge in [0.1, 0.15) is 0 Å². The average molecular weight is 87.0 g/mol. The van der Waals surface area contributed by atoms with Gasteiger partial charge in [-0.3, -0.25) is 0 Å². The van der Waals surface area contributed by atoms with Crippen LogP contribution in [0.3, 0.4) is 0 Å². The van der Waals surface area contributed by atoms with E-state index in [1.54, 1.807) is 0 Å². The van der Waals surface area contributed by atoms with Crippen LogP contribution in [-0.2, 0) is 5.48 Å². The van der Waals surface area contributed by atoms with E-state index in [0.717, 1.165) is 0 Å². The topological polar surface area (TPSA) is 58.5 Å². The molecule has 0 amide bonds. The van der Waals surface area contributed by atoms with Crippen LogP contribution in [0.1, 0.15) is 0 Å². The predicted octanol–water partition coefficient (Wildman–Crippen LogP) is -1.06. The largest absolute Gasteiger partial charge is 3.00 e. The first-order chi connectivity index (χ1) is 0. The minimum absolute atomic E-state index is 0. The van der Waals surface area contributed by atoms with Gasteiger partial charge < -0.3 is 11.0 Å². The fourth-order valence-corrected chi connectivity index (χ4v) is 0. The summed E-state index contributed by atoms with van der Waals surface area (Å²) in [6.45, 7) is 0. The second kappa shape index (κ2) is 36.6. The standard InChI is InChI=1S/2Al.H2O.O/h;;1H2;/q2*+3;;-2/p-1. The molecule has 4 heavy (non-hydrogen) atoms. The van der Waals surface area contributed by atoms with E-state index in [-0.39, 0.29) is 45.7 Å². The van der Waals surface area contributed by atoms with Crippen molar-refractivity contribution in [3.05, 3.63) is 0 Å². The first kappa shape index (κ1) is 81.6. The fraction of sp³-hybridized carbons (Fsp3) is 0. The van der Waals surface area contributed by atoms with E-state index in [1.165, 1.54) is 0 Å². The molecule has 0 aromatic heterocycles. The third-order valence-corrected chi connectivity index (χ3v) is 0. The van der Waals surface area contributed by atoms with Crippen LogP contribution in [0.5, 0.6) is 0 Å². The molecule has 0 rings (SSSR count). The van der Waals surface area contributed by atoms with Gasteiger partial charge in [-0.1, -0.05) is 0 Å². The normalized spacial score (nSPS) is 0. The molecule has 0 fully saturated rings. The van der Waals surface area contributed by atoms with Crippen molar-refractivity contribution in [1.82, 2.24) is 0 Å². The molecule has 0 bridgehead atoms. The molecule has 0 spiro atoms. The van der Waals surface area contributed by atoms with Gasteiger partial charge in [0, 0.05) is 0 Å². The van der Waals surface area contributed by atoms with E-state index in [9.17, 15) is 0 Å². The maximum atomic E-state index is 0. The molecule has 16 valence electrons. The second-order valence-electron chi connectivity index (χ2n) is 0. The first-order valence-electron chi connectivity index (χ1n) is 0. The van der Waals surface area contributed by atoms with Crippen LogP contribution in [0.25, 0.3) is 0 Å².